The van der Waals surface area contributed by atoms with Crippen LogP contribution in [0.15, 0.2) is 47.9 Å². The summed E-state index contributed by atoms with van der Waals surface area (Å²) in [6.07, 6.45) is 3.40. The van der Waals surface area contributed by atoms with Gasteiger partial charge in [-0.3, -0.25) is 4.98 Å². The number of hydrogen-bond donors (Lipinski definition) is 1. The predicted octanol–water partition coefficient (Wildman–Crippen LogP) is 3.46. The molecule has 0 fully saturated rings. The Bertz CT molecular complexity index is 910. The molecule has 114 valence electrons. The van der Waals surface area contributed by atoms with Gasteiger partial charge in [-0.1, -0.05) is 12.1 Å². The molecule has 0 unspecified atom stereocenters. The Morgan fingerprint density at radius 3 is 2.52 bits per heavy atom. The normalized spacial score (nSPS) is 10.7. The average Bonchev–Trinajstić information content (AvgIpc) is 2.55. The van der Waals surface area contributed by atoms with Crippen LogP contribution in [-0.4, -0.2) is 21.0 Å². The van der Waals surface area contributed by atoms with E-state index in [-0.39, 0.29) is 17.0 Å². The van der Waals surface area contributed by atoms with E-state index in [1.165, 1.54) is 24.5 Å². The summed E-state index contributed by atoms with van der Waals surface area (Å²) in [5.74, 6) is -1.64. The van der Waals surface area contributed by atoms with Crippen molar-refractivity contribution >= 4 is 22.6 Å². The molecular formula is C16H10FN3O3. The van der Waals surface area contributed by atoms with Crippen LogP contribution in [0.1, 0.15) is 21.6 Å². The van der Waals surface area contributed by atoms with E-state index in [0.29, 0.717) is 11.8 Å². The van der Waals surface area contributed by atoms with Gasteiger partial charge < -0.3 is 5.11 Å². The van der Waals surface area contributed by atoms with Gasteiger partial charge in [-0.25, -0.2) is 14.2 Å². The molecule has 1 N–H and O–H groups in total. The van der Waals surface area contributed by atoms with Crippen molar-refractivity contribution in [2.75, 3.05) is 0 Å². The Morgan fingerprint density at radius 1 is 1.13 bits per heavy atom. The number of rotatable bonds is 4. The van der Waals surface area contributed by atoms with Gasteiger partial charge in [0.05, 0.1) is 0 Å². The number of benzene rings is 1. The summed E-state index contributed by atoms with van der Waals surface area (Å²) >= 11 is 0. The van der Waals surface area contributed by atoms with Crippen molar-refractivity contribution < 1.29 is 14.3 Å². The molecule has 0 atom stereocenters. The van der Waals surface area contributed by atoms with Gasteiger partial charge >= 0.3 is 5.97 Å². The fourth-order valence-corrected chi connectivity index (χ4v) is 2.31. The number of carboxylic acid groups (broad SMARTS) is 1. The van der Waals surface area contributed by atoms with E-state index in [1.807, 2.05) is 0 Å². The van der Waals surface area contributed by atoms with Gasteiger partial charge in [0.15, 0.2) is 11.4 Å². The standard InChI is InChI=1S/C16H10FN3O3/c17-12-3-1-9(2-4-12)5-10-6-11-8-19-15(16(21)22)14(20-23)13(11)18-7-10/h1-4,6-8H,5H2,(H,21,22). The summed E-state index contributed by atoms with van der Waals surface area (Å²) in [5, 5.41) is 12.3. The fraction of sp³-hybridized carbons (Fsp3) is 0.0625. The summed E-state index contributed by atoms with van der Waals surface area (Å²) in [7, 11) is 0. The third-order valence-corrected chi connectivity index (χ3v) is 3.37. The first-order valence-corrected chi connectivity index (χ1v) is 6.67. The number of aromatic carboxylic acids is 1. The molecule has 3 rings (SSSR count). The molecule has 0 aliphatic rings. The highest BCUT2D eigenvalue weighted by atomic mass is 19.1. The molecule has 2 heterocycles. The lowest BCUT2D eigenvalue weighted by Gasteiger charge is -2.06. The zero-order valence-electron chi connectivity index (χ0n) is 11.7. The monoisotopic (exact) mass is 311 g/mol. The number of pyridine rings is 2. The molecule has 0 aliphatic heterocycles. The number of carbonyl (C=O) groups is 1. The summed E-state index contributed by atoms with van der Waals surface area (Å²) in [6.45, 7) is 0. The Hall–Kier alpha value is -3.22. The van der Waals surface area contributed by atoms with Crippen molar-refractivity contribution in [3.63, 3.8) is 0 Å². The zero-order valence-corrected chi connectivity index (χ0v) is 11.7. The number of nitrogens with zero attached hydrogens (tertiary/aromatic N) is 3. The van der Waals surface area contributed by atoms with Gasteiger partial charge in [-0.15, -0.1) is 4.91 Å². The third kappa shape index (κ3) is 2.89. The van der Waals surface area contributed by atoms with Crippen molar-refractivity contribution in [2.45, 2.75) is 6.42 Å². The molecule has 0 radical (unpaired) electrons. The van der Waals surface area contributed by atoms with Crippen molar-refractivity contribution in [3.8, 4) is 0 Å². The van der Waals surface area contributed by atoms with Crippen LogP contribution in [0.4, 0.5) is 10.1 Å². The quantitative estimate of drug-likeness (QED) is 0.745. The summed E-state index contributed by atoms with van der Waals surface area (Å²) in [5.41, 5.74) is 1.20. The van der Waals surface area contributed by atoms with Crippen molar-refractivity contribution in [1.29, 1.82) is 0 Å². The van der Waals surface area contributed by atoms with E-state index in [4.69, 9.17) is 5.11 Å². The molecule has 0 saturated carbocycles. The van der Waals surface area contributed by atoms with E-state index in [9.17, 15) is 14.1 Å². The minimum atomic E-state index is -1.33. The van der Waals surface area contributed by atoms with Crippen LogP contribution in [0.25, 0.3) is 10.9 Å². The Kier molecular flexibility index (Phi) is 3.76. The van der Waals surface area contributed by atoms with Crippen LogP contribution in [-0.2, 0) is 6.42 Å². The molecule has 0 amide bonds. The van der Waals surface area contributed by atoms with Crippen LogP contribution >= 0.6 is 0 Å². The minimum absolute atomic E-state index is 0.190. The molecule has 0 saturated heterocycles. The van der Waals surface area contributed by atoms with Crippen LogP contribution in [0.5, 0.6) is 0 Å². The highest BCUT2D eigenvalue weighted by molar-refractivity contribution is 6.00. The van der Waals surface area contributed by atoms with E-state index in [2.05, 4.69) is 15.1 Å². The molecule has 3 aromatic rings. The first-order chi connectivity index (χ1) is 11.1. The molecule has 6 nitrogen and oxygen atoms in total. The molecule has 2 aromatic heterocycles. The first kappa shape index (κ1) is 14.7. The highest BCUT2D eigenvalue weighted by Gasteiger charge is 2.17. The van der Waals surface area contributed by atoms with Crippen LogP contribution in [0, 0.1) is 10.7 Å². The molecule has 0 aliphatic carbocycles. The fourth-order valence-electron chi connectivity index (χ4n) is 2.31. The maximum atomic E-state index is 12.9. The molecule has 0 spiro atoms. The molecule has 7 heteroatoms. The number of nitroso groups, excluding NO2 is 1. The lowest BCUT2D eigenvalue weighted by Crippen LogP contribution is -2.01. The lowest BCUT2D eigenvalue weighted by atomic mass is 10.0. The van der Waals surface area contributed by atoms with E-state index in [0.717, 1.165) is 11.1 Å². The van der Waals surface area contributed by atoms with Gasteiger partial charge in [0.1, 0.15) is 11.3 Å². The SMILES string of the molecule is O=Nc1c(C(=O)O)ncc2cc(Cc3ccc(F)cc3)cnc12. The maximum Gasteiger partial charge on any atom is 0.356 e. The molecule has 23 heavy (non-hydrogen) atoms. The predicted molar refractivity (Wildman–Crippen MR) is 81.2 cm³/mol. The van der Waals surface area contributed by atoms with Gasteiger partial charge in [-0.05, 0) is 40.9 Å². The van der Waals surface area contributed by atoms with Crippen molar-refractivity contribution in [2.24, 2.45) is 5.18 Å². The number of hydrogen-bond acceptors (Lipinski definition) is 5. The topological polar surface area (TPSA) is 92.5 Å². The molecular weight excluding hydrogens is 301 g/mol. The van der Waals surface area contributed by atoms with E-state index < -0.39 is 11.7 Å². The maximum absolute atomic E-state index is 12.9. The van der Waals surface area contributed by atoms with Gasteiger partial charge in [0, 0.05) is 17.8 Å². The van der Waals surface area contributed by atoms with Crippen LogP contribution in [0.3, 0.4) is 0 Å². The first-order valence-electron chi connectivity index (χ1n) is 6.67. The minimum Gasteiger partial charge on any atom is -0.476 e. The van der Waals surface area contributed by atoms with Crippen molar-refractivity contribution in [3.05, 3.63) is 70.3 Å². The Labute approximate surface area is 129 Å². The van der Waals surface area contributed by atoms with E-state index in [1.54, 1.807) is 18.2 Å². The van der Waals surface area contributed by atoms with Gasteiger partial charge in [-0.2, -0.15) is 0 Å². The summed E-state index contributed by atoms with van der Waals surface area (Å²) in [4.78, 5) is 29.9. The molecule has 1 aromatic carbocycles. The molecule has 0 bridgehead atoms. The van der Waals surface area contributed by atoms with Crippen LogP contribution < -0.4 is 0 Å². The van der Waals surface area contributed by atoms with E-state index >= 15 is 0 Å². The number of aromatic nitrogens is 2. The van der Waals surface area contributed by atoms with Gasteiger partial charge in [0.2, 0.25) is 0 Å². The lowest BCUT2D eigenvalue weighted by molar-refractivity contribution is 0.0691. The summed E-state index contributed by atoms with van der Waals surface area (Å²) in [6, 6.07) is 7.84. The number of halogens is 1. The smallest absolute Gasteiger partial charge is 0.356 e. The largest absolute Gasteiger partial charge is 0.476 e. The average molecular weight is 311 g/mol. The van der Waals surface area contributed by atoms with Crippen molar-refractivity contribution in [1.82, 2.24) is 9.97 Å². The second-order valence-electron chi connectivity index (χ2n) is 4.94. The third-order valence-electron chi connectivity index (χ3n) is 3.37. The highest BCUT2D eigenvalue weighted by Crippen LogP contribution is 2.27. The number of fused-ring (bicyclic) bond motifs is 1. The zero-order chi connectivity index (χ0) is 16.4. The Balaban J connectivity index is 2.02. The Morgan fingerprint density at radius 2 is 1.87 bits per heavy atom. The number of carboxylic acids is 1. The van der Waals surface area contributed by atoms with Crippen LogP contribution in [0.2, 0.25) is 0 Å². The van der Waals surface area contributed by atoms with Gasteiger partial charge in [0.25, 0.3) is 0 Å². The second-order valence-corrected chi connectivity index (χ2v) is 4.94. The second kappa shape index (κ2) is 5.88. The summed E-state index contributed by atoms with van der Waals surface area (Å²) < 4.78 is 12.9.